The predicted molar refractivity (Wildman–Crippen MR) is 164 cm³/mol. The van der Waals surface area contributed by atoms with E-state index in [0.29, 0.717) is 23.2 Å². The summed E-state index contributed by atoms with van der Waals surface area (Å²) in [5, 5.41) is 6.51. The molecule has 0 saturated carbocycles. The fourth-order valence-electron chi connectivity index (χ4n) is 7.03. The van der Waals surface area contributed by atoms with Gasteiger partial charge in [0.2, 0.25) is 0 Å². The smallest absolute Gasteiger partial charge is 0.253 e. The van der Waals surface area contributed by atoms with Gasteiger partial charge in [-0.2, -0.15) is 0 Å². The third kappa shape index (κ3) is 6.14. The first-order chi connectivity index (χ1) is 20.5. The zero-order chi connectivity index (χ0) is 29.1. The number of hydrogen-bond donors (Lipinski definition) is 2. The van der Waals surface area contributed by atoms with Crippen molar-refractivity contribution in [2.24, 2.45) is 0 Å². The molecule has 3 saturated heterocycles. The summed E-state index contributed by atoms with van der Waals surface area (Å²) in [6.45, 7) is 4.84. The highest BCUT2D eigenvalue weighted by Crippen LogP contribution is 2.38. The number of piperidine rings is 2. The van der Waals surface area contributed by atoms with Gasteiger partial charge in [-0.3, -0.25) is 14.5 Å². The number of fused-ring (bicyclic) bond motifs is 2. The van der Waals surface area contributed by atoms with Crippen LogP contribution in [0.3, 0.4) is 0 Å². The molecular weight excluding hydrogens is 526 g/mol. The number of anilines is 1. The molecule has 4 heterocycles. The molecule has 3 aliphatic heterocycles. The highest BCUT2D eigenvalue weighted by Gasteiger charge is 2.42. The summed E-state index contributed by atoms with van der Waals surface area (Å²) in [5.41, 5.74) is 3.46. The Morgan fingerprint density at radius 3 is 2.24 bits per heavy atom. The average Bonchev–Trinajstić information content (AvgIpc) is 3.28. The van der Waals surface area contributed by atoms with Crippen LogP contribution >= 0.6 is 0 Å². The van der Waals surface area contributed by atoms with Crippen LogP contribution in [0.4, 0.5) is 5.82 Å². The van der Waals surface area contributed by atoms with Crippen LogP contribution in [0.15, 0.2) is 66.9 Å². The molecule has 0 radical (unpaired) electrons. The molecule has 8 heteroatoms. The first kappa shape index (κ1) is 28.2. The van der Waals surface area contributed by atoms with Gasteiger partial charge in [-0.15, -0.1) is 0 Å². The second kappa shape index (κ2) is 12.5. The Morgan fingerprint density at radius 2 is 1.57 bits per heavy atom. The van der Waals surface area contributed by atoms with E-state index in [4.69, 9.17) is 9.72 Å². The lowest BCUT2D eigenvalue weighted by molar-refractivity contribution is 0.0905. The van der Waals surface area contributed by atoms with Gasteiger partial charge in [0.05, 0.1) is 12.7 Å². The molecular formula is C34H41N5O3. The number of likely N-dealkylation sites (tertiary alicyclic amines) is 1. The van der Waals surface area contributed by atoms with Gasteiger partial charge in [-0.05, 0) is 75.3 Å². The van der Waals surface area contributed by atoms with E-state index in [1.165, 1.54) is 5.56 Å². The second-order valence-electron chi connectivity index (χ2n) is 12.0. The number of nitrogens with zero attached hydrogens (tertiary/aromatic N) is 3. The number of benzene rings is 2. The monoisotopic (exact) mass is 567 g/mol. The quantitative estimate of drug-likeness (QED) is 0.410. The zero-order valence-corrected chi connectivity index (χ0v) is 24.6. The summed E-state index contributed by atoms with van der Waals surface area (Å²) in [5.74, 6) is 1.55. The molecule has 2 bridgehead atoms. The van der Waals surface area contributed by atoms with Crippen LogP contribution in [0.25, 0.3) is 0 Å². The van der Waals surface area contributed by atoms with Crippen LogP contribution in [-0.2, 0) is 6.54 Å². The fourth-order valence-corrected chi connectivity index (χ4v) is 7.03. The van der Waals surface area contributed by atoms with E-state index in [1.807, 2.05) is 43.3 Å². The summed E-state index contributed by atoms with van der Waals surface area (Å²) < 4.78 is 5.40. The zero-order valence-electron chi connectivity index (χ0n) is 24.6. The molecule has 8 nitrogen and oxygen atoms in total. The van der Waals surface area contributed by atoms with Crippen molar-refractivity contribution >= 4 is 17.6 Å². The van der Waals surface area contributed by atoms with Gasteiger partial charge in [0.15, 0.2) is 0 Å². The molecule has 220 valence electrons. The summed E-state index contributed by atoms with van der Waals surface area (Å²) in [6, 6.07) is 21.0. The Morgan fingerprint density at radius 1 is 0.857 bits per heavy atom. The molecule has 0 spiro atoms. The van der Waals surface area contributed by atoms with E-state index < -0.39 is 0 Å². The van der Waals surface area contributed by atoms with Crippen molar-refractivity contribution in [2.45, 2.75) is 76.2 Å². The van der Waals surface area contributed by atoms with Gasteiger partial charge in [0, 0.05) is 61.1 Å². The van der Waals surface area contributed by atoms with Gasteiger partial charge in [-0.25, -0.2) is 4.98 Å². The molecule has 42 heavy (non-hydrogen) atoms. The van der Waals surface area contributed by atoms with Crippen LogP contribution in [0.5, 0.6) is 5.75 Å². The van der Waals surface area contributed by atoms with Crippen LogP contribution in [0.2, 0.25) is 0 Å². The molecule has 3 fully saturated rings. The van der Waals surface area contributed by atoms with Gasteiger partial charge in [0.25, 0.3) is 11.8 Å². The minimum absolute atomic E-state index is 0.0420. The Labute approximate surface area is 248 Å². The summed E-state index contributed by atoms with van der Waals surface area (Å²) in [6.07, 6.45) is 7.57. The molecule has 2 aromatic carbocycles. The maximum Gasteiger partial charge on any atom is 0.253 e. The number of pyridine rings is 1. The molecule has 1 aromatic heterocycles. The third-order valence-corrected chi connectivity index (χ3v) is 9.26. The predicted octanol–water partition coefficient (Wildman–Crippen LogP) is 4.72. The van der Waals surface area contributed by atoms with E-state index in [9.17, 15) is 9.59 Å². The van der Waals surface area contributed by atoms with Gasteiger partial charge in [0.1, 0.15) is 11.6 Å². The standard InChI is InChI=1S/C34H41N5O3/c1-23-30(9-6-10-31(23)42-2)34(41)37-27-19-28-12-13-29(20-27)39(28)32-14-11-25(21-35-32)33(40)36-26-15-17-38(18-16-26)22-24-7-4-3-5-8-24/h3-11,14,21,26-29H,12-13,15-20,22H2,1-2H3,(H,36,40)(H,37,41)/t27-,28+,29-. The first-order valence-corrected chi connectivity index (χ1v) is 15.2. The molecule has 2 N–H and O–H groups in total. The molecule has 0 unspecified atom stereocenters. The first-order valence-electron chi connectivity index (χ1n) is 15.2. The number of aromatic nitrogens is 1. The minimum Gasteiger partial charge on any atom is -0.496 e. The highest BCUT2D eigenvalue weighted by atomic mass is 16.5. The number of carbonyl (C=O) groups is 2. The third-order valence-electron chi connectivity index (χ3n) is 9.26. The molecule has 3 atom stereocenters. The van der Waals surface area contributed by atoms with Crippen molar-refractivity contribution in [2.75, 3.05) is 25.1 Å². The number of methoxy groups -OCH3 is 1. The summed E-state index contributed by atoms with van der Waals surface area (Å²) in [4.78, 5) is 35.7. The van der Waals surface area contributed by atoms with E-state index in [-0.39, 0.29) is 23.9 Å². The van der Waals surface area contributed by atoms with Crippen molar-refractivity contribution in [1.29, 1.82) is 0 Å². The number of hydrogen-bond acceptors (Lipinski definition) is 6. The highest BCUT2D eigenvalue weighted by molar-refractivity contribution is 5.96. The minimum atomic E-state index is -0.0483. The average molecular weight is 568 g/mol. The number of ether oxygens (including phenoxy) is 1. The van der Waals surface area contributed by atoms with Crippen molar-refractivity contribution in [3.63, 3.8) is 0 Å². The lowest BCUT2D eigenvalue weighted by Crippen LogP contribution is -2.50. The maximum atomic E-state index is 13.1. The van der Waals surface area contributed by atoms with Crippen LogP contribution in [0.1, 0.15) is 70.4 Å². The van der Waals surface area contributed by atoms with Crippen LogP contribution < -0.4 is 20.3 Å². The number of carbonyl (C=O) groups excluding carboxylic acids is 2. The number of nitrogens with one attached hydrogen (secondary N) is 2. The fraction of sp³-hybridized carbons (Fsp3) is 0.441. The van der Waals surface area contributed by atoms with Crippen molar-refractivity contribution in [3.8, 4) is 5.75 Å². The van der Waals surface area contributed by atoms with Crippen molar-refractivity contribution in [1.82, 2.24) is 20.5 Å². The summed E-state index contributed by atoms with van der Waals surface area (Å²) >= 11 is 0. The lowest BCUT2D eigenvalue weighted by atomic mass is 9.96. The number of rotatable bonds is 8. The summed E-state index contributed by atoms with van der Waals surface area (Å²) in [7, 11) is 1.63. The van der Waals surface area contributed by atoms with Gasteiger partial charge >= 0.3 is 0 Å². The largest absolute Gasteiger partial charge is 0.496 e. The van der Waals surface area contributed by atoms with E-state index in [2.05, 4.69) is 44.7 Å². The Bertz CT molecular complexity index is 1370. The molecule has 3 aliphatic rings. The Balaban J connectivity index is 1.00. The second-order valence-corrected chi connectivity index (χ2v) is 12.0. The van der Waals surface area contributed by atoms with E-state index in [1.54, 1.807) is 13.3 Å². The van der Waals surface area contributed by atoms with Gasteiger partial charge in [-0.1, -0.05) is 36.4 Å². The van der Waals surface area contributed by atoms with E-state index in [0.717, 1.165) is 75.3 Å². The lowest BCUT2D eigenvalue weighted by Gasteiger charge is -2.40. The molecule has 2 amide bonds. The maximum absolute atomic E-state index is 13.1. The Kier molecular flexibility index (Phi) is 8.42. The Hall–Kier alpha value is -3.91. The number of amides is 2. The van der Waals surface area contributed by atoms with Crippen molar-refractivity contribution in [3.05, 3.63) is 89.1 Å². The molecule has 0 aliphatic carbocycles. The topological polar surface area (TPSA) is 86.8 Å². The molecule has 6 rings (SSSR count). The molecule has 3 aromatic rings. The SMILES string of the molecule is COc1cccc(C(=O)N[C@H]2C[C@H]3CC[C@@H](C2)N3c2ccc(C(=O)NC3CCN(Cc4ccccc4)CC3)cn2)c1C. The van der Waals surface area contributed by atoms with Crippen LogP contribution in [-0.4, -0.2) is 66.1 Å². The van der Waals surface area contributed by atoms with Crippen LogP contribution in [0, 0.1) is 6.92 Å². The normalized spacial score (nSPS) is 22.5. The van der Waals surface area contributed by atoms with Gasteiger partial charge < -0.3 is 20.3 Å². The van der Waals surface area contributed by atoms with E-state index >= 15 is 0 Å². The van der Waals surface area contributed by atoms with Crippen molar-refractivity contribution < 1.29 is 14.3 Å².